The van der Waals surface area contributed by atoms with E-state index in [4.69, 9.17) is 0 Å². The lowest BCUT2D eigenvalue weighted by molar-refractivity contribution is 0.102. The smallest absolute Gasteiger partial charge is 0.265 e. The topological polar surface area (TPSA) is 82.2 Å². The summed E-state index contributed by atoms with van der Waals surface area (Å²) < 4.78 is 0. The molecular weight excluding hydrogens is 360 g/mol. The molecule has 140 valence electrons. The first-order valence-electron chi connectivity index (χ1n) is 9.14. The second-order valence-corrected chi connectivity index (χ2v) is 8.54. The number of aryl methyl sites for hydroxylation is 2. The van der Waals surface area contributed by atoms with Crippen LogP contribution in [-0.2, 0) is 12.8 Å². The molecule has 1 amide bonds. The second-order valence-electron chi connectivity index (χ2n) is 7.44. The lowest BCUT2D eigenvalue weighted by Crippen LogP contribution is -2.23. The van der Waals surface area contributed by atoms with Crippen LogP contribution >= 0.6 is 11.3 Å². The van der Waals surface area contributed by atoms with Gasteiger partial charge < -0.3 is 15.4 Å². The minimum absolute atomic E-state index is 0.205. The molecule has 0 spiro atoms. The summed E-state index contributed by atoms with van der Waals surface area (Å²) in [5, 5.41) is 14.2. The van der Waals surface area contributed by atoms with Crippen molar-refractivity contribution in [1.29, 1.82) is 0 Å². The number of aromatic nitrogens is 1. The summed E-state index contributed by atoms with van der Waals surface area (Å²) in [6.07, 6.45) is 2.84. The third kappa shape index (κ3) is 2.94. The van der Waals surface area contributed by atoms with Crippen LogP contribution in [-0.4, -0.2) is 16.0 Å². The van der Waals surface area contributed by atoms with Gasteiger partial charge in [0.2, 0.25) is 0 Å². The number of hydrogen-bond donors (Lipinski definition) is 3. The molecule has 0 unspecified atom stereocenters. The summed E-state index contributed by atoms with van der Waals surface area (Å²) in [4.78, 5) is 30.0. The van der Waals surface area contributed by atoms with Gasteiger partial charge in [-0.25, -0.2) is 0 Å². The standard InChI is InChI=1S/C21H22N2O3S/c1-10-7-8-13-15(9-10)27-21-16(13)18(24)17(20(26)23-21)19(25)22-14-6-4-5-11(2)12(14)3/h4-6,10H,7-9H2,1-3H3,(H,22,25)(H2,23,24,26)/t10-/m1/s1. The first kappa shape index (κ1) is 17.8. The maximum atomic E-state index is 12.8. The second kappa shape index (κ2) is 6.53. The molecule has 0 saturated heterocycles. The largest absolute Gasteiger partial charge is 0.506 e. The van der Waals surface area contributed by atoms with E-state index in [0.29, 0.717) is 21.8 Å². The number of nitrogens with one attached hydrogen (secondary N) is 2. The van der Waals surface area contributed by atoms with Crippen molar-refractivity contribution in [1.82, 2.24) is 4.98 Å². The highest BCUT2D eigenvalue weighted by Crippen LogP contribution is 2.41. The third-order valence-corrected chi connectivity index (χ3v) is 6.69. The first-order valence-corrected chi connectivity index (χ1v) is 9.95. The number of fused-ring (bicyclic) bond motifs is 3. The van der Waals surface area contributed by atoms with Crippen molar-refractivity contribution in [3.8, 4) is 5.75 Å². The maximum absolute atomic E-state index is 12.8. The van der Waals surface area contributed by atoms with Crippen LogP contribution in [0.1, 0.15) is 45.3 Å². The minimum Gasteiger partial charge on any atom is -0.506 e. The molecule has 0 aliphatic heterocycles. The van der Waals surface area contributed by atoms with Crippen molar-refractivity contribution in [3.05, 3.63) is 55.7 Å². The molecule has 0 fully saturated rings. The first-order chi connectivity index (χ1) is 12.9. The average Bonchev–Trinajstić information content (AvgIpc) is 2.96. The van der Waals surface area contributed by atoms with Crippen molar-refractivity contribution < 1.29 is 9.90 Å². The summed E-state index contributed by atoms with van der Waals surface area (Å²) in [5.74, 6) is -0.205. The van der Waals surface area contributed by atoms with Crippen LogP contribution in [0.25, 0.3) is 10.2 Å². The molecule has 0 bridgehead atoms. The van der Waals surface area contributed by atoms with E-state index in [1.807, 2.05) is 26.0 Å². The van der Waals surface area contributed by atoms with E-state index >= 15 is 0 Å². The van der Waals surface area contributed by atoms with Gasteiger partial charge in [0.1, 0.15) is 16.1 Å². The van der Waals surface area contributed by atoms with Crippen LogP contribution < -0.4 is 10.9 Å². The highest BCUT2D eigenvalue weighted by atomic mass is 32.1. The van der Waals surface area contributed by atoms with Gasteiger partial charge in [0, 0.05) is 10.6 Å². The van der Waals surface area contributed by atoms with Crippen LogP contribution in [0.3, 0.4) is 0 Å². The number of thiophene rings is 1. The zero-order valence-electron chi connectivity index (χ0n) is 15.6. The Morgan fingerprint density at radius 2 is 2.11 bits per heavy atom. The monoisotopic (exact) mass is 382 g/mol. The number of benzene rings is 1. The molecule has 0 radical (unpaired) electrons. The van der Waals surface area contributed by atoms with Gasteiger partial charge in [0.05, 0.1) is 5.39 Å². The lowest BCUT2D eigenvalue weighted by Gasteiger charge is -2.18. The van der Waals surface area contributed by atoms with Crippen LogP contribution in [0, 0.1) is 19.8 Å². The highest BCUT2D eigenvalue weighted by molar-refractivity contribution is 7.18. The lowest BCUT2D eigenvalue weighted by atomic mass is 9.89. The Kier molecular flexibility index (Phi) is 4.30. The molecule has 27 heavy (non-hydrogen) atoms. The van der Waals surface area contributed by atoms with Gasteiger partial charge in [0.15, 0.2) is 0 Å². The van der Waals surface area contributed by atoms with E-state index in [9.17, 15) is 14.7 Å². The molecule has 6 heteroatoms. The van der Waals surface area contributed by atoms with Crippen molar-refractivity contribution in [2.24, 2.45) is 5.92 Å². The summed E-state index contributed by atoms with van der Waals surface area (Å²) >= 11 is 1.51. The van der Waals surface area contributed by atoms with Gasteiger partial charge in [-0.05, 0) is 61.8 Å². The Labute approximate surface area is 161 Å². The van der Waals surface area contributed by atoms with E-state index in [1.54, 1.807) is 6.07 Å². The number of H-pyrrole nitrogens is 1. The fraction of sp³-hybridized carbons (Fsp3) is 0.333. The van der Waals surface area contributed by atoms with Crippen LogP contribution in [0.5, 0.6) is 5.75 Å². The molecule has 2 heterocycles. The van der Waals surface area contributed by atoms with Crippen LogP contribution in [0.2, 0.25) is 0 Å². The molecule has 3 N–H and O–H groups in total. The third-order valence-electron chi connectivity index (χ3n) is 5.52. The van der Waals surface area contributed by atoms with Gasteiger partial charge in [-0.15, -0.1) is 11.3 Å². The van der Waals surface area contributed by atoms with E-state index in [2.05, 4.69) is 17.2 Å². The minimum atomic E-state index is -0.589. The molecule has 1 atom stereocenters. The van der Waals surface area contributed by atoms with Gasteiger partial charge in [0.25, 0.3) is 11.5 Å². The number of carbonyl (C=O) groups is 1. The predicted molar refractivity (Wildman–Crippen MR) is 109 cm³/mol. The van der Waals surface area contributed by atoms with E-state index in [1.165, 1.54) is 16.2 Å². The molecule has 1 aliphatic rings. The molecule has 1 aromatic carbocycles. The maximum Gasteiger partial charge on any atom is 0.265 e. The molecule has 2 aromatic heterocycles. The van der Waals surface area contributed by atoms with E-state index in [0.717, 1.165) is 36.0 Å². The van der Waals surface area contributed by atoms with Crippen molar-refractivity contribution >= 4 is 33.1 Å². The summed E-state index contributed by atoms with van der Waals surface area (Å²) in [6.45, 7) is 6.08. The Balaban J connectivity index is 1.81. The van der Waals surface area contributed by atoms with Gasteiger partial charge in [-0.1, -0.05) is 19.1 Å². The number of pyridine rings is 1. The normalized spacial score (nSPS) is 16.3. The average molecular weight is 382 g/mol. The van der Waals surface area contributed by atoms with Crippen molar-refractivity contribution in [2.75, 3.05) is 5.32 Å². The quantitative estimate of drug-likeness (QED) is 0.618. The Morgan fingerprint density at radius 3 is 2.89 bits per heavy atom. The zero-order valence-corrected chi connectivity index (χ0v) is 16.4. The number of rotatable bonds is 2. The molecule has 1 aliphatic carbocycles. The van der Waals surface area contributed by atoms with Crippen molar-refractivity contribution in [3.63, 3.8) is 0 Å². The fourth-order valence-electron chi connectivity index (χ4n) is 3.77. The predicted octanol–water partition coefficient (Wildman–Crippen LogP) is 4.29. The number of aromatic hydroxyl groups is 1. The molecule has 5 nitrogen and oxygen atoms in total. The number of hydrogen-bond acceptors (Lipinski definition) is 4. The van der Waals surface area contributed by atoms with Gasteiger partial charge in [-0.3, -0.25) is 9.59 Å². The summed E-state index contributed by atoms with van der Waals surface area (Å²) in [5.41, 5.74) is 2.91. The number of anilines is 1. The molecule has 4 rings (SSSR count). The zero-order chi connectivity index (χ0) is 19.3. The Bertz CT molecular complexity index is 1130. The van der Waals surface area contributed by atoms with Gasteiger partial charge >= 0.3 is 0 Å². The fourth-order valence-corrected chi connectivity index (χ4v) is 5.18. The van der Waals surface area contributed by atoms with Crippen molar-refractivity contribution in [2.45, 2.75) is 40.0 Å². The molecule has 0 saturated carbocycles. The van der Waals surface area contributed by atoms with Crippen LogP contribution in [0.4, 0.5) is 5.69 Å². The molecular formula is C21H22N2O3S. The summed E-state index contributed by atoms with van der Waals surface area (Å²) in [6, 6.07) is 5.60. The Hall–Kier alpha value is -2.60. The summed E-state index contributed by atoms with van der Waals surface area (Å²) in [7, 11) is 0. The number of aromatic amines is 1. The SMILES string of the molecule is Cc1cccc(NC(=O)c2c(O)c3c4c(sc3[nH]c2=O)C[C@H](C)CC4)c1C. The molecule has 3 aromatic rings. The van der Waals surface area contributed by atoms with Crippen LogP contribution in [0.15, 0.2) is 23.0 Å². The van der Waals surface area contributed by atoms with Gasteiger partial charge in [-0.2, -0.15) is 0 Å². The van der Waals surface area contributed by atoms with E-state index in [-0.39, 0.29) is 11.3 Å². The number of carbonyl (C=O) groups excluding carboxylic acids is 1. The highest BCUT2D eigenvalue weighted by Gasteiger charge is 2.27. The Morgan fingerprint density at radius 1 is 1.33 bits per heavy atom. The number of amides is 1. The van der Waals surface area contributed by atoms with E-state index < -0.39 is 11.5 Å².